The Morgan fingerprint density at radius 1 is 1.07 bits per heavy atom. The fourth-order valence-corrected chi connectivity index (χ4v) is 0.958. The van der Waals surface area contributed by atoms with E-state index in [9.17, 15) is 0 Å². The van der Waals surface area contributed by atoms with E-state index in [1.807, 2.05) is 0 Å². The van der Waals surface area contributed by atoms with Crippen molar-refractivity contribution in [3.05, 3.63) is 23.8 Å². The van der Waals surface area contributed by atoms with E-state index in [1.165, 1.54) is 0 Å². The number of hydrogen-bond acceptors (Lipinski definition) is 5. The lowest BCUT2D eigenvalue weighted by atomic mass is 10.2. The molecule has 1 radical (unpaired) electrons. The van der Waals surface area contributed by atoms with Crippen molar-refractivity contribution in [2.45, 2.75) is 6.61 Å². The van der Waals surface area contributed by atoms with Gasteiger partial charge < -0.3 is 24.6 Å². The predicted octanol–water partition coefficient (Wildman–Crippen LogP) is -0.299. The van der Waals surface area contributed by atoms with Crippen LogP contribution >= 0.6 is 0 Å². The first kappa shape index (κ1) is 13.8. The number of benzene rings is 1. The predicted molar refractivity (Wildman–Crippen MR) is 55.7 cm³/mol. The molecule has 6 heteroatoms. The lowest BCUT2D eigenvalue weighted by Gasteiger charge is -2.05. The number of rotatable bonds is 3. The van der Waals surface area contributed by atoms with Crippen LogP contribution in [0, 0.1) is 0 Å². The molecule has 0 saturated carbocycles. The maximum absolute atomic E-state index is 8.87. The third-order valence-corrected chi connectivity index (χ3v) is 1.59. The molecule has 0 heterocycles. The molecule has 0 unspecified atom stereocenters. The summed E-state index contributed by atoms with van der Waals surface area (Å²) in [6, 6.07) is 5.30. The van der Waals surface area contributed by atoms with Gasteiger partial charge in [0.25, 0.3) is 0 Å². The molecule has 0 aliphatic rings. The second-order valence-electron chi connectivity index (χ2n) is 2.49. The van der Waals surface area contributed by atoms with Gasteiger partial charge in [-0.05, 0) is 17.7 Å². The Hall–Kier alpha value is -1.24. The van der Waals surface area contributed by atoms with Crippen LogP contribution < -0.4 is 9.47 Å². The molecular formula is C9H14BO5. The van der Waals surface area contributed by atoms with Crippen molar-refractivity contribution in [3.63, 3.8) is 0 Å². The highest BCUT2D eigenvalue weighted by Gasteiger charge is 1.99. The van der Waals surface area contributed by atoms with Gasteiger partial charge in [0.1, 0.15) is 11.5 Å². The van der Waals surface area contributed by atoms with Crippen LogP contribution in [0.4, 0.5) is 0 Å². The maximum atomic E-state index is 8.87. The van der Waals surface area contributed by atoms with Crippen LogP contribution in [-0.2, 0) is 6.61 Å². The smallest absolute Gasteiger partial charge is 0.482 e. The van der Waals surface area contributed by atoms with Crippen molar-refractivity contribution in [1.29, 1.82) is 0 Å². The van der Waals surface area contributed by atoms with Crippen LogP contribution in [0.2, 0.25) is 0 Å². The Labute approximate surface area is 89.2 Å². The largest absolute Gasteiger partial charge is 0.497 e. The molecule has 0 spiro atoms. The van der Waals surface area contributed by atoms with E-state index in [-0.39, 0.29) is 14.3 Å². The van der Waals surface area contributed by atoms with E-state index in [1.54, 1.807) is 32.4 Å². The van der Waals surface area contributed by atoms with Crippen LogP contribution in [-0.4, -0.2) is 37.1 Å². The SMILES string of the molecule is COc1cc(CO)cc(OC)c1.O[B]O. The van der Waals surface area contributed by atoms with Gasteiger partial charge >= 0.3 is 7.69 Å². The molecule has 83 valence electrons. The van der Waals surface area contributed by atoms with Crippen molar-refractivity contribution < 1.29 is 24.6 Å². The zero-order valence-electron chi connectivity index (χ0n) is 8.67. The zero-order valence-corrected chi connectivity index (χ0v) is 8.67. The second-order valence-corrected chi connectivity index (χ2v) is 2.49. The molecule has 3 N–H and O–H groups in total. The fourth-order valence-electron chi connectivity index (χ4n) is 0.958. The first-order valence-corrected chi connectivity index (χ1v) is 4.14. The first-order chi connectivity index (χ1) is 7.21. The van der Waals surface area contributed by atoms with E-state index in [0.29, 0.717) is 11.5 Å². The van der Waals surface area contributed by atoms with Crippen molar-refractivity contribution in [1.82, 2.24) is 0 Å². The molecule has 0 amide bonds. The molecule has 0 saturated heterocycles. The monoisotopic (exact) mass is 213 g/mol. The molecule has 0 aliphatic carbocycles. The average Bonchev–Trinajstić information content (AvgIpc) is 2.29. The van der Waals surface area contributed by atoms with Crippen LogP contribution in [0.15, 0.2) is 18.2 Å². The minimum atomic E-state index is -0.00639. The molecule has 0 aliphatic heterocycles. The summed E-state index contributed by atoms with van der Waals surface area (Å²) >= 11 is 0. The van der Waals surface area contributed by atoms with Crippen molar-refractivity contribution in [3.8, 4) is 11.5 Å². The molecule has 0 aromatic heterocycles. The summed E-state index contributed by atoms with van der Waals surface area (Å²) < 4.78 is 10.0. The standard InChI is InChI=1S/C9H12O3.BH2O2/c1-11-8-3-7(6-10)4-9(5-8)12-2;2-1-3/h3-5,10H,6H2,1-2H3;2-3H. The first-order valence-electron chi connectivity index (χ1n) is 4.14. The minimum Gasteiger partial charge on any atom is -0.497 e. The number of ether oxygens (including phenoxy) is 2. The Bertz CT molecular complexity index is 224. The highest BCUT2D eigenvalue weighted by atomic mass is 16.5. The van der Waals surface area contributed by atoms with Gasteiger partial charge in [0.05, 0.1) is 20.8 Å². The Morgan fingerprint density at radius 2 is 1.47 bits per heavy atom. The number of aliphatic hydroxyl groups is 1. The van der Waals surface area contributed by atoms with Crippen molar-refractivity contribution in [2.75, 3.05) is 14.2 Å². The molecule has 1 aromatic carbocycles. The van der Waals surface area contributed by atoms with Crippen molar-refractivity contribution in [2.24, 2.45) is 0 Å². The van der Waals surface area contributed by atoms with E-state index >= 15 is 0 Å². The van der Waals surface area contributed by atoms with Crippen LogP contribution in [0.25, 0.3) is 0 Å². The number of methoxy groups -OCH3 is 2. The molecule has 0 bridgehead atoms. The molecule has 5 nitrogen and oxygen atoms in total. The van der Waals surface area contributed by atoms with Gasteiger partial charge in [-0.15, -0.1) is 0 Å². The summed E-state index contributed by atoms with van der Waals surface area (Å²) in [4.78, 5) is 0. The quantitative estimate of drug-likeness (QED) is 0.600. The lowest BCUT2D eigenvalue weighted by molar-refractivity contribution is 0.280. The summed E-state index contributed by atoms with van der Waals surface area (Å²) in [6.45, 7) is -0.00639. The van der Waals surface area contributed by atoms with Gasteiger partial charge in [0.2, 0.25) is 0 Å². The third kappa shape index (κ3) is 5.26. The van der Waals surface area contributed by atoms with Crippen LogP contribution in [0.5, 0.6) is 11.5 Å². The van der Waals surface area contributed by atoms with Gasteiger partial charge in [-0.2, -0.15) is 0 Å². The Balaban J connectivity index is 0.000000583. The summed E-state index contributed by atoms with van der Waals surface area (Å²) in [5.74, 6) is 1.39. The summed E-state index contributed by atoms with van der Waals surface area (Å²) in [7, 11) is 3.16. The Kier molecular flexibility index (Phi) is 7.44. The molecule has 0 fully saturated rings. The topological polar surface area (TPSA) is 79.2 Å². The van der Waals surface area contributed by atoms with E-state index in [2.05, 4.69) is 0 Å². The minimum absolute atomic E-state index is 0. The maximum Gasteiger partial charge on any atom is 0.482 e. The van der Waals surface area contributed by atoms with Gasteiger partial charge in [0.15, 0.2) is 0 Å². The second kappa shape index (κ2) is 8.10. The highest BCUT2D eigenvalue weighted by Crippen LogP contribution is 2.22. The van der Waals surface area contributed by atoms with E-state index in [0.717, 1.165) is 5.56 Å². The molecule has 0 atom stereocenters. The van der Waals surface area contributed by atoms with Crippen molar-refractivity contribution >= 4 is 7.69 Å². The fraction of sp³-hybridized carbons (Fsp3) is 0.333. The molecule has 1 aromatic rings. The van der Waals surface area contributed by atoms with Gasteiger partial charge in [-0.1, -0.05) is 0 Å². The van der Waals surface area contributed by atoms with E-state index < -0.39 is 0 Å². The normalized spacial score (nSPS) is 8.60. The third-order valence-electron chi connectivity index (χ3n) is 1.59. The van der Waals surface area contributed by atoms with Crippen LogP contribution in [0.3, 0.4) is 0 Å². The molecule has 1 rings (SSSR count). The summed E-state index contributed by atoms with van der Waals surface area (Å²) in [5, 5.41) is 22.9. The molecule has 15 heavy (non-hydrogen) atoms. The van der Waals surface area contributed by atoms with Gasteiger partial charge in [-0.3, -0.25) is 0 Å². The van der Waals surface area contributed by atoms with Gasteiger partial charge in [-0.25, -0.2) is 0 Å². The molecular weight excluding hydrogens is 199 g/mol. The number of aliphatic hydroxyl groups excluding tert-OH is 1. The Morgan fingerprint density at radius 3 is 1.73 bits per heavy atom. The lowest BCUT2D eigenvalue weighted by Crippen LogP contribution is -1.90. The zero-order chi connectivity index (χ0) is 11.7. The van der Waals surface area contributed by atoms with E-state index in [4.69, 9.17) is 24.6 Å². The summed E-state index contributed by atoms with van der Waals surface area (Å²) in [5.41, 5.74) is 0.784. The summed E-state index contributed by atoms with van der Waals surface area (Å²) in [6.07, 6.45) is 0. The van der Waals surface area contributed by atoms with Gasteiger partial charge in [0, 0.05) is 6.07 Å². The number of hydrogen-bond donors (Lipinski definition) is 3. The van der Waals surface area contributed by atoms with Crippen LogP contribution in [0.1, 0.15) is 5.56 Å². The average molecular weight is 213 g/mol. The highest BCUT2D eigenvalue weighted by molar-refractivity contribution is 6.13.